The SMILES string of the molecule is N[C@@H](CCC(=O)[O-])C(=O)[O-].[Ca+2].[H-].[H-]. The van der Waals surface area contributed by atoms with E-state index in [2.05, 4.69) is 0 Å². The van der Waals surface area contributed by atoms with Crippen LogP contribution in [-0.2, 0) is 9.59 Å². The molecule has 11 heavy (non-hydrogen) atoms. The van der Waals surface area contributed by atoms with E-state index in [1.807, 2.05) is 0 Å². The van der Waals surface area contributed by atoms with Gasteiger partial charge >= 0.3 is 37.7 Å². The zero-order chi connectivity index (χ0) is 8.15. The van der Waals surface area contributed by atoms with Gasteiger partial charge in [-0.1, -0.05) is 0 Å². The Morgan fingerprint density at radius 1 is 1.45 bits per heavy atom. The quantitative estimate of drug-likeness (QED) is 0.458. The first-order valence-electron chi connectivity index (χ1n) is 2.70. The second-order valence-corrected chi connectivity index (χ2v) is 1.84. The van der Waals surface area contributed by atoms with E-state index in [0.29, 0.717) is 0 Å². The molecule has 0 unspecified atom stereocenters. The molecule has 0 amide bonds. The van der Waals surface area contributed by atoms with Crippen LogP contribution >= 0.6 is 0 Å². The fourth-order valence-electron chi connectivity index (χ4n) is 0.391. The van der Waals surface area contributed by atoms with Gasteiger partial charge in [-0.2, -0.15) is 0 Å². The van der Waals surface area contributed by atoms with Crippen molar-refractivity contribution in [1.82, 2.24) is 0 Å². The average molecular weight is 187 g/mol. The largest absolute Gasteiger partial charge is 2.00 e. The summed E-state index contributed by atoms with van der Waals surface area (Å²) in [5.74, 6) is -2.75. The Labute approximate surface area is 96.5 Å². The normalized spacial score (nSPS) is 11.4. The number of carboxylic acids is 2. The van der Waals surface area contributed by atoms with E-state index >= 15 is 0 Å². The van der Waals surface area contributed by atoms with Crippen molar-refractivity contribution in [1.29, 1.82) is 0 Å². The van der Waals surface area contributed by atoms with E-state index in [1.165, 1.54) is 0 Å². The van der Waals surface area contributed by atoms with Gasteiger partial charge < -0.3 is 28.4 Å². The van der Waals surface area contributed by atoms with E-state index in [1.54, 1.807) is 0 Å². The van der Waals surface area contributed by atoms with Crippen LogP contribution in [0, 0.1) is 0 Å². The van der Waals surface area contributed by atoms with Crippen molar-refractivity contribution >= 4 is 49.7 Å². The maximum atomic E-state index is 9.86. The molecular weight excluding hydrogens is 178 g/mol. The molecule has 2 N–H and O–H groups in total. The molecule has 0 aromatic rings. The Morgan fingerprint density at radius 2 is 1.91 bits per heavy atom. The van der Waals surface area contributed by atoms with Gasteiger partial charge in [0.25, 0.3) is 0 Å². The third kappa shape index (κ3) is 8.06. The number of hydrogen-bond donors (Lipinski definition) is 1. The summed E-state index contributed by atoms with van der Waals surface area (Å²) in [6.07, 6.45) is -0.500. The third-order valence-electron chi connectivity index (χ3n) is 0.962. The molecule has 0 heterocycles. The fourth-order valence-corrected chi connectivity index (χ4v) is 0.391. The van der Waals surface area contributed by atoms with Gasteiger partial charge in [0.15, 0.2) is 0 Å². The number of carbonyl (C=O) groups is 2. The van der Waals surface area contributed by atoms with Crippen LogP contribution in [0.4, 0.5) is 0 Å². The predicted molar refractivity (Wildman–Crippen MR) is 35.2 cm³/mol. The Kier molecular flexibility index (Phi) is 8.54. The summed E-state index contributed by atoms with van der Waals surface area (Å²) in [5, 5.41) is 19.6. The molecule has 0 bridgehead atoms. The van der Waals surface area contributed by atoms with Crippen molar-refractivity contribution in [3.05, 3.63) is 0 Å². The number of carbonyl (C=O) groups excluding carboxylic acids is 2. The van der Waals surface area contributed by atoms with Crippen LogP contribution in [0.15, 0.2) is 0 Å². The maximum Gasteiger partial charge on any atom is 2.00 e. The number of carboxylic acid groups (broad SMARTS) is 2. The second-order valence-electron chi connectivity index (χ2n) is 1.84. The number of aliphatic carboxylic acids is 2. The molecule has 0 aromatic heterocycles. The van der Waals surface area contributed by atoms with Crippen LogP contribution in [0.2, 0.25) is 0 Å². The smallest absolute Gasteiger partial charge is 1.00 e. The summed E-state index contributed by atoms with van der Waals surface area (Å²) >= 11 is 0. The summed E-state index contributed by atoms with van der Waals surface area (Å²) in [6, 6.07) is -1.21. The second kappa shape index (κ2) is 6.84. The van der Waals surface area contributed by atoms with Gasteiger partial charge in [-0.25, -0.2) is 0 Å². The number of hydrogen-bond acceptors (Lipinski definition) is 5. The summed E-state index contributed by atoms with van der Waals surface area (Å²) in [6.45, 7) is 0. The minimum Gasteiger partial charge on any atom is -1.00 e. The van der Waals surface area contributed by atoms with Gasteiger partial charge in [0.05, 0.1) is 5.97 Å². The van der Waals surface area contributed by atoms with Crippen LogP contribution in [-0.4, -0.2) is 55.7 Å². The third-order valence-corrected chi connectivity index (χ3v) is 0.962. The van der Waals surface area contributed by atoms with E-state index in [4.69, 9.17) is 5.73 Å². The van der Waals surface area contributed by atoms with Gasteiger partial charge in [-0.15, -0.1) is 0 Å². The van der Waals surface area contributed by atoms with Crippen molar-refractivity contribution in [2.75, 3.05) is 0 Å². The summed E-state index contributed by atoms with van der Waals surface area (Å²) in [5.41, 5.74) is 4.91. The van der Waals surface area contributed by atoms with Crippen molar-refractivity contribution in [2.45, 2.75) is 18.9 Å². The maximum absolute atomic E-state index is 9.86. The Hall–Kier alpha value is 0.160. The zero-order valence-corrected chi connectivity index (χ0v) is 8.12. The van der Waals surface area contributed by atoms with Gasteiger partial charge in [0, 0.05) is 12.0 Å². The molecule has 0 aromatic carbocycles. The summed E-state index contributed by atoms with van der Waals surface area (Å²) < 4.78 is 0. The Bertz CT molecular complexity index is 157. The van der Waals surface area contributed by atoms with Crippen LogP contribution in [0.1, 0.15) is 15.7 Å². The van der Waals surface area contributed by atoms with Gasteiger partial charge in [0.2, 0.25) is 0 Å². The summed E-state index contributed by atoms with van der Waals surface area (Å²) in [4.78, 5) is 19.6. The van der Waals surface area contributed by atoms with Crippen molar-refractivity contribution < 1.29 is 22.7 Å². The van der Waals surface area contributed by atoms with Crippen LogP contribution in [0.3, 0.4) is 0 Å². The average Bonchev–Trinajstić information content (AvgIpc) is 1.82. The molecule has 62 valence electrons. The molecule has 0 aliphatic carbocycles. The van der Waals surface area contributed by atoms with Crippen LogP contribution < -0.4 is 15.9 Å². The van der Waals surface area contributed by atoms with E-state index in [-0.39, 0.29) is 53.4 Å². The standard InChI is InChI=1S/C5H9NO4.Ca.2H/c6-3(5(9)10)1-2-4(7)8;;;/h3H,1-2,6H2,(H,7,8)(H,9,10);;;/q;+2;2*-1/p-2/t3-;;;/m0.../s1. The number of nitrogens with two attached hydrogens (primary N) is 1. The Morgan fingerprint density at radius 3 is 2.18 bits per heavy atom. The van der Waals surface area contributed by atoms with Crippen molar-refractivity contribution in [3.8, 4) is 0 Å². The van der Waals surface area contributed by atoms with Gasteiger partial charge in [-0.05, 0) is 12.8 Å². The molecule has 0 saturated heterocycles. The molecular formula is C5H9CaNO4-2. The van der Waals surface area contributed by atoms with Gasteiger partial charge in [0.1, 0.15) is 0 Å². The number of rotatable bonds is 4. The van der Waals surface area contributed by atoms with Crippen molar-refractivity contribution in [3.63, 3.8) is 0 Å². The Balaban J connectivity index is -0.000000135. The fraction of sp³-hybridized carbons (Fsp3) is 0.600. The monoisotopic (exact) mass is 187 g/mol. The minimum atomic E-state index is -1.44. The summed E-state index contributed by atoms with van der Waals surface area (Å²) in [7, 11) is 0. The molecule has 0 radical (unpaired) electrons. The molecule has 0 fully saturated rings. The molecule has 0 spiro atoms. The van der Waals surface area contributed by atoms with E-state index < -0.39 is 18.0 Å². The molecule has 0 saturated carbocycles. The van der Waals surface area contributed by atoms with Crippen molar-refractivity contribution in [2.24, 2.45) is 5.73 Å². The zero-order valence-electron chi connectivity index (χ0n) is 7.91. The molecule has 0 aliphatic rings. The van der Waals surface area contributed by atoms with Crippen LogP contribution in [0.5, 0.6) is 0 Å². The molecule has 6 heteroatoms. The molecule has 1 atom stereocenters. The minimum absolute atomic E-state index is 0. The first-order valence-corrected chi connectivity index (χ1v) is 2.70. The molecule has 5 nitrogen and oxygen atoms in total. The van der Waals surface area contributed by atoms with E-state index in [9.17, 15) is 19.8 Å². The predicted octanol–water partition coefficient (Wildman–Crippen LogP) is -3.56. The van der Waals surface area contributed by atoms with Crippen LogP contribution in [0.25, 0.3) is 0 Å². The molecule has 0 aliphatic heterocycles. The molecule has 0 rings (SSSR count). The van der Waals surface area contributed by atoms with Gasteiger partial charge in [-0.3, -0.25) is 0 Å². The topological polar surface area (TPSA) is 106 Å². The first kappa shape index (κ1) is 13.7. The first-order chi connectivity index (χ1) is 4.54. The van der Waals surface area contributed by atoms with E-state index in [0.717, 1.165) is 0 Å².